The number of aldehydes is 1. The van der Waals surface area contributed by atoms with Gasteiger partial charge in [0.1, 0.15) is 23.5 Å². The molecule has 22 heavy (non-hydrogen) atoms. The molecule has 1 atom stereocenters. The summed E-state index contributed by atoms with van der Waals surface area (Å²) in [5.74, 6) is 1.28. The molecule has 0 fully saturated rings. The van der Waals surface area contributed by atoms with Crippen molar-refractivity contribution in [3.05, 3.63) is 52.5 Å². The van der Waals surface area contributed by atoms with Crippen LogP contribution in [0.25, 0.3) is 0 Å². The highest BCUT2D eigenvalue weighted by Gasteiger charge is 2.22. The summed E-state index contributed by atoms with van der Waals surface area (Å²) in [5, 5.41) is 0.420. The fourth-order valence-corrected chi connectivity index (χ4v) is 2.60. The lowest BCUT2D eigenvalue weighted by Gasteiger charge is -2.18. The van der Waals surface area contributed by atoms with E-state index in [0.717, 1.165) is 17.6 Å². The van der Waals surface area contributed by atoms with Gasteiger partial charge in [0.25, 0.3) is 0 Å². The molecule has 2 aromatic carbocycles. The average molecular weight is 321 g/mol. The van der Waals surface area contributed by atoms with E-state index in [1.165, 1.54) is 7.11 Å². The summed E-state index contributed by atoms with van der Waals surface area (Å²) >= 11 is 6.33. The van der Waals surface area contributed by atoms with Crippen molar-refractivity contribution in [1.29, 1.82) is 0 Å². The van der Waals surface area contributed by atoms with Crippen LogP contribution in [-0.4, -0.2) is 27.6 Å². The lowest BCUT2D eigenvalue weighted by atomic mass is 9.91. The zero-order chi connectivity index (χ0) is 16.1. The molecule has 0 bridgehead atoms. The first kappa shape index (κ1) is 16.2. The van der Waals surface area contributed by atoms with E-state index in [4.69, 9.17) is 25.8 Å². The molecule has 4 nitrogen and oxygen atoms in total. The first-order chi connectivity index (χ1) is 10.6. The van der Waals surface area contributed by atoms with Crippen LogP contribution in [0.4, 0.5) is 0 Å². The van der Waals surface area contributed by atoms with Crippen molar-refractivity contribution in [2.45, 2.75) is 5.92 Å². The zero-order valence-corrected chi connectivity index (χ0v) is 13.4. The van der Waals surface area contributed by atoms with Crippen LogP contribution in [0, 0.1) is 0 Å². The number of benzene rings is 2. The van der Waals surface area contributed by atoms with Gasteiger partial charge in [-0.1, -0.05) is 23.7 Å². The topological polar surface area (TPSA) is 44.8 Å². The summed E-state index contributed by atoms with van der Waals surface area (Å²) in [6.07, 6.45) is 0.845. The van der Waals surface area contributed by atoms with E-state index in [1.54, 1.807) is 38.5 Å². The third-order valence-electron chi connectivity index (χ3n) is 3.44. The highest BCUT2D eigenvalue weighted by molar-refractivity contribution is 6.32. The Kier molecular flexibility index (Phi) is 5.28. The third kappa shape index (κ3) is 3.17. The van der Waals surface area contributed by atoms with Crippen LogP contribution in [0.3, 0.4) is 0 Å². The van der Waals surface area contributed by atoms with E-state index in [1.807, 2.05) is 12.1 Å². The standard InChI is InChI=1S/C17H17ClO4/c1-20-12-6-4-11(5-7-12)14(10-19)17-15(18)8-13(21-2)9-16(17)22-3/h4-10,14H,1-3H3. The Balaban J connectivity index is 2.52. The smallest absolute Gasteiger partial charge is 0.132 e. The minimum absolute atomic E-state index is 0.420. The Morgan fingerprint density at radius 3 is 2.09 bits per heavy atom. The summed E-state index contributed by atoms with van der Waals surface area (Å²) in [6.45, 7) is 0. The second-order valence-corrected chi connectivity index (χ2v) is 5.02. The number of methoxy groups -OCH3 is 3. The number of carbonyl (C=O) groups excluding carboxylic acids is 1. The maximum Gasteiger partial charge on any atom is 0.132 e. The molecular formula is C17H17ClO4. The predicted octanol–water partition coefficient (Wildman–Crippen LogP) is 3.70. The summed E-state index contributed by atoms with van der Waals surface area (Å²) < 4.78 is 15.7. The average Bonchev–Trinajstić information content (AvgIpc) is 2.57. The van der Waals surface area contributed by atoms with Gasteiger partial charge in [-0.3, -0.25) is 0 Å². The molecule has 1 unspecified atom stereocenters. The molecule has 2 aromatic rings. The number of hydrogen-bond acceptors (Lipinski definition) is 4. The van der Waals surface area contributed by atoms with Crippen molar-refractivity contribution >= 4 is 17.9 Å². The fourth-order valence-electron chi connectivity index (χ4n) is 2.28. The molecule has 0 aliphatic heterocycles. The summed E-state index contributed by atoms with van der Waals surface area (Å²) in [5.41, 5.74) is 1.42. The number of hydrogen-bond donors (Lipinski definition) is 0. The Morgan fingerprint density at radius 2 is 1.59 bits per heavy atom. The normalized spacial score (nSPS) is 11.6. The lowest BCUT2D eigenvalue weighted by molar-refractivity contribution is -0.108. The number of rotatable bonds is 6. The number of halogens is 1. The number of carbonyl (C=O) groups is 1. The van der Waals surface area contributed by atoms with Crippen molar-refractivity contribution in [3.8, 4) is 17.2 Å². The maximum atomic E-state index is 11.7. The maximum absolute atomic E-state index is 11.7. The van der Waals surface area contributed by atoms with Gasteiger partial charge in [-0.25, -0.2) is 0 Å². The highest BCUT2D eigenvalue weighted by Crippen LogP contribution is 2.39. The van der Waals surface area contributed by atoms with Crippen LogP contribution < -0.4 is 14.2 Å². The number of ether oxygens (including phenoxy) is 3. The Morgan fingerprint density at radius 1 is 0.955 bits per heavy atom. The second-order valence-electron chi connectivity index (χ2n) is 4.61. The van der Waals surface area contributed by atoms with Crippen LogP contribution >= 0.6 is 11.6 Å². The van der Waals surface area contributed by atoms with Gasteiger partial charge in [0.05, 0.1) is 32.3 Å². The van der Waals surface area contributed by atoms with Crippen LogP contribution in [0.5, 0.6) is 17.2 Å². The van der Waals surface area contributed by atoms with Gasteiger partial charge < -0.3 is 19.0 Å². The molecule has 0 radical (unpaired) electrons. The fraction of sp³-hybridized carbons (Fsp3) is 0.235. The van der Waals surface area contributed by atoms with Gasteiger partial charge in [-0.05, 0) is 23.8 Å². The molecular weight excluding hydrogens is 304 g/mol. The van der Waals surface area contributed by atoms with Crippen molar-refractivity contribution in [1.82, 2.24) is 0 Å². The van der Waals surface area contributed by atoms with Gasteiger partial charge >= 0.3 is 0 Å². The molecule has 5 heteroatoms. The predicted molar refractivity (Wildman–Crippen MR) is 85.5 cm³/mol. The van der Waals surface area contributed by atoms with Crippen molar-refractivity contribution in [2.75, 3.05) is 21.3 Å². The quantitative estimate of drug-likeness (QED) is 0.761. The van der Waals surface area contributed by atoms with Crippen LogP contribution in [0.15, 0.2) is 36.4 Å². The summed E-state index contributed by atoms with van der Waals surface area (Å²) in [7, 11) is 4.67. The largest absolute Gasteiger partial charge is 0.497 e. The van der Waals surface area contributed by atoms with Gasteiger partial charge in [0, 0.05) is 11.6 Å². The Labute approximate surface area is 134 Å². The molecule has 2 rings (SSSR count). The Bertz CT molecular complexity index is 652. The van der Waals surface area contributed by atoms with Gasteiger partial charge in [0.2, 0.25) is 0 Å². The van der Waals surface area contributed by atoms with Gasteiger partial charge in [0.15, 0.2) is 0 Å². The monoisotopic (exact) mass is 320 g/mol. The molecule has 0 aliphatic carbocycles. The molecule has 0 heterocycles. The summed E-state index contributed by atoms with van der Waals surface area (Å²) in [6, 6.07) is 10.6. The van der Waals surface area contributed by atoms with E-state index < -0.39 is 5.92 Å². The lowest BCUT2D eigenvalue weighted by Crippen LogP contribution is -2.06. The van der Waals surface area contributed by atoms with Gasteiger partial charge in [-0.2, -0.15) is 0 Å². The highest BCUT2D eigenvalue weighted by atomic mass is 35.5. The molecule has 0 saturated heterocycles. The molecule has 0 saturated carbocycles. The van der Waals surface area contributed by atoms with E-state index in [9.17, 15) is 4.79 Å². The minimum Gasteiger partial charge on any atom is -0.497 e. The Hall–Kier alpha value is -2.20. The van der Waals surface area contributed by atoms with Crippen LogP contribution in [-0.2, 0) is 4.79 Å². The van der Waals surface area contributed by atoms with Crippen LogP contribution in [0.2, 0.25) is 5.02 Å². The molecule has 0 aliphatic rings. The SMILES string of the molecule is COc1ccc(C(C=O)c2c(Cl)cc(OC)cc2OC)cc1. The van der Waals surface area contributed by atoms with Crippen LogP contribution in [0.1, 0.15) is 17.0 Å². The third-order valence-corrected chi connectivity index (χ3v) is 3.76. The minimum atomic E-state index is -0.528. The van der Waals surface area contributed by atoms with Gasteiger partial charge in [-0.15, -0.1) is 0 Å². The second kappa shape index (κ2) is 7.18. The van der Waals surface area contributed by atoms with E-state index >= 15 is 0 Å². The summed E-state index contributed by atoms with van der Waals surface area (Å²) in [4.78, 5) is 11.7. The van der Waals surface area contributed by atoms with Crippen molar-refractivity contribution in [3.63, 3.8) is 0 Å². The van der Waals surface area contributed by atoms with Crippen molar-refractivity contribution < 1.29 is 19.0 Å². The first-order valence-corrected chi connectivity index (χ1v) is 7.03. The molecule has 0 N–H and O–H groups in total. The van der Waals surface area contributed by atoms with E-state index in [0.29, 0.717) is 22.1 Å². The first-order valence-electron chi connectivity index (χ1n) is 6.65. The zero-order valence-electron chi connectivity index (χ0n) is 12.6. The molecule has 0 amide bonds. The molecule has 116 valence electrons. The van der Waals surface area contributed by atoms with Crippen molar-refractivity contribution in [2.24, 2.45) is 0 Å². The molecule has 0 spiro atoms. The van der Waals surface area contributed by atoms with E-state index in [2.05, 4.69) is 0 Å². The molecule has 0 aromatic heterocycles. The van der Waals surface area contributed by atoms with E-state index in [-0.39, 0.29) is 0 Å².